The van der Waals surface area contributed by atoms with Crippen molar-refractivity contribution in [3.8, 4) is 0 Å². The lowest BCUT2D eigenvalue weighted by molar-refractivity contribution is -0.155. The zero-order chi connectivity index (χ0) is 20.4. The van der Waals surface area contributed by atoms with E-state index < -0.39 is 12.2 Å². The average molecular weight is 375 g/mol. The molecule has 0 fully saturated rings. The first kappa shape index (κ1) is 24.9. The molecular weight excluding hydrogens is 336 g/mol. The van der Waals surface area contributed by atoms with Crippen molar-refractivity contribution < 1.29 is 29.3 Å². The van der Waals surface area contributed by atoms with Gasteiger partial charge in [0.25, 0.3) is 0 Å². The van der Waals surface area contributed by atoms with Gasteiger partial charge in [0.1, 0.15) is 12.2 Å². The van der Waals surface area contributed by atoms with Crippen molar-refractivity contribution in [2.75, 3.05) is 13.2 Å². The maximum atomic E-state index is 11.8. The molecule has 0 bridgehead atoms. The number of hydrogen-bond donors (Lipinski definition) is 2. The molecular formula is C20H38O6. The highest BCUT2D eigenvalue weighted by Gasteiger charge is 2.22. The topological polar surface area (TPSA) is 93.1 Å². The fourth-order valence-corrected chi connectivity index (χ4v) is 2.68. The summed E-state index contributed by atoms with van der Waals surface area (Å²) in [7, 11) is 0. The molecule has 6 nitrogen and oxygen atoms in total. The molecule has 0 aliphatic carbocycles. The van der Waals surface area contributed by atoms with Crippen LogP contribution >= 0.6 is 0 Å². The minimum absolute atomic E-state index is 0.0340. The van der Waals surface area contributed by atoms with Crippen LogP contribution in [0, 0.1) is 10.8 Å². The van der Waals surface area contributed by atoms with Crippen molar-refractivity contribution in [1.29, 1.82) is 0 Å². The Bertz CT molecular complexity index is 379. The van der Waals surface area contributed by atoms with Gasteiger partial charge in [0, 0.05) is 12.8 Å². The van der Waals surface area contributed by atoms with Crippen LogP contribution in [0.25, 0.3) is 0 Å². The molecule has 0 heterocycles. The van der Waals surface area contributed by atoms with Gasteiger partial charge in [-0.15, -0.1) is 0 Å². The normalized spacial score (nSPS) is 14.6. The summed E-state index contributed by atoms with van der Waals surface area (Å²) in [6.07, 6.45) is 1.66. The second kappa shape index (κ2) is 11.5. The Morgan fingerprint density at radius 3 is 1.27 bits per heavy atom. The number of aliphatic hydroxyl groups is 2. The molecule has 2 atom stereocenters. The smallest absolute Gasteiger partial charge is 0.306 e. The van der Waals surface area contributed by atoms with Crippen molar-refractivity contribution in [2.24, 2.45) is 10.8 Å². The Balaban J connectivity index is 4.06. The molecule has 154 valence electrons. The van der Waals surface area contributed by atoms with Crippen molar-refractivity contribution >= 4 is 11.9 Å². The lowest BCUT2D eigenvalue weighted by Crippen LogP contribution is -2.27. The van der Waals surface area contributed by atoms with E-state index >= 15 is 0 Å². The van der Waals surface area contributed by atoms with E-state index in [0.29, 0.717) is 25.7 Å². The van der Waals surface area contributed by atoms with E-state index in [2.05, 4.69) is 0 Å². The maximum absolute atomic E-state index is 11.8. The van der Waals surface area contributed by atoms with Crippen LogP contribution < -0.4 is 0 Å². The zero-order valence-electron chi connectivity index (χ0n) is 17.3. The molecule has 0 aromatic carbocycles. The van der Waals surface area contributed by atoms with Crippen LogP contribution in [0.2, 0.25) is 0 Å². The lowest BCUT2D eigenvalue weighted by atomic mass is 9.89. The van der Waals surface area contributed by atoms with Crippen molar-refractivity contribution in [2.45, 2.75) is 92.3 Å². The average Bonchev–Trinajstić information content (AvgIpc) is 2.47. The summed E-state index contributed by atoms with van der Waals surface area (Å²) < 4.78 is 10.6. The van der Waals surface area contributed by atoms with E-state index in [-0.39, 0.29) is 48.8 Å². The largest absolute Gasteiger partial charge is 0.460 e. The highest BCUT2D eigenvalue weighted by molar-refractivity contribution is 5.70. The van der Waals surface area contributed by atoms with Crippen LogP contribution in [-0.4, -0.2) is 47.6 Å². The van der Waals surface area contributed by atoms with Gasteiger partial charge >= 0.3 is 11.9 Å². The van der Waals surface area contributed by atoms with Gasteiger partial charge in [-0.2, -0.15) is 0 Å². The van der Waals surface area contributed by atoms with Gasteiger partial charge in [-0.1, -0.05) is 41.5 Å². The number of carbonyl (C=O) groups is 2. The standard InChI is InChI=1S/C20H38O6/c1-19(2,3)11-15(13-21)25-17(23)9-7-8-10-18(24)26-16(14-22)12-20(4,5)6/h15-16,21-22H,7-14H2,1-6H3/t15-,16?/m0/s1. The van der Waals surface area contributed by atoms with Crippen LogP contribution in [0.1, 0.15) is 80.1 Å². The Hall–Kier alpha value is -1.14. The number of ether oxygens (including phenoxy) is 2. The minimum atomic E-state index is -0.491. The van der Waals surface area contributed by atoms with E-state index in [0.717, 1.165) is 0 Å². The van der Waals surface area contributed by atoms with E-state index in [4.69, 9.17) is 9.47 Å². The Morgan fingerprint density at radius 1 is 0.731 bits per heavy atom. The van der Waals surface area contributed by atoms with Crippen LogP contribution in [0.15, 0.2) is 0 Å². The first-order valence-corrected chi connectivity index (χ1v) is 9.47. The summed E-state index contributed by atoms with van der Waals surface area (Å²) in [6, 6.07) is 0. The summed E-state index contributed by atoms with van der Waals surface area (Å²) in [5, 5.41) is 18.6. The van der Waals surface area contributed by atoms with Crippen molar-refractivity contribution in [3.63, 3.8) is 0 Å². The number of carbonyl (C=O) groups excluding carboxylic acids is 2. The molecule has 0 saturated carbocycles. The summed E-state index contributed by atoms with van der Waals surface area (Å²) in [5.41, 5.74) is -0.0680. The van der Waals surface area contributed by atoms with Gasteiger partial charge in [0.2, 0.25) is 0 Å². The molecule has 0 aromatic heterocycles. The summed E-state index contributed by atoms with van der Waals surface area (Å²) in [5.74, 6) is -0.717. The number of rotatable bonds is 11. The van der Waals surface area contributed by atoms with Crippen LogP contribution in [0.3, 0.4) is 0 Å². The first-order chi connectivity index (χ1) is 11.9. The molecule has 0 rings (SSSR count). The third-order valence-corrected chi connectivity index (χ3v) is 3.70. The molecule has 0 aliphatic rings. The second-order valence-corrected chi connectivity index (χ2v) is 9.33. The van der Waals surface area contributed by atoms with Crippen LogP contribution in [0.5, 0.6) is 0 Å². The number of hydrogen-bond acceptors (Lipinski definition) is 6. The van der Waals surface area contributed by atoms with E-state index in [1.54, 1.807) is 0 Å². The monoisotopic (exact) mass is 374 g/mol. The third-order valence-electron chi connectivity index (χ3n) is 3.70. The predicted octanol–water partition coefficient (Wildman–Crippen LogP) is 3.23. The highest BCUT2D eigenvalue weighted by Crippen LogP contribution is 2.23. The maximum Gasteiger partial charge on any atom is 0.306 e. The highest BCUT2D eigenvalue weighted by atomic mass is 16.6. The number of esters is 2. The number of aliphatic hydroxyl groups excluding tert-OH is 2. The fourth-order valence-electron chi connectivity index (χ4n) is 2.68. The van der Waals surface area contributed by atoms with Crippen LogP contribution in [-0.2, 0) is 19.1 Å². The zero-order valence-corrected chi connectivity index (χ0v) is 17.3. The van der Waals surface area contributed by atoms with Gasteiger partial charge in [0.15, 0.2) is 0 Å². The van der Waals surface area contributed by atoms with Gasteiger partial charge < -0.3 is 19.7 Å². The van der Waals surface area contributed by atoms with Crippen LogP contribution in [0.4, 0.5) is 0 Å². The Morgan fingerprint density at radius 2 is 1.04 bits per heavy atom. The lowest BCUT2D eigenvalue weighted by Gasteiger charge is -2.25. The quantitative estimate of drug-likeness (QED) is 0.426. The summed E-state index contributed by atoms with van der Waals surface area (Å²) in [6.45, 7) is 11.8. The van der Waals surface area contributed by atoms with Crippen molar-refractivity contribution in [1.82, 2.24) is 0 Å². The molecule has 0 aliphatic heterocycles. The van der Waals surface area contributed by atoms with Gasteiger partial charge in [-0.25, -0.2) is 0 Å². The molecule has 2 N–H and O–H groups in total. The fraction of sp³-hybridized carbons (Fsp3) is 0.900. The van der Waals surface area contributed by atoms with E-state index in [1.165, 1.54) is 0 Å². The molecule has 6 heteroatoms. The molecule has 0 saturated heterocycles. The Labute approximate surface area is 158 Å². The number of unbranched alkanes of at least 4 members (excludes halogenated alkanes) is 1. The SMILES string of the molecule is CC(C)(C)CC(CO)OC(=O)CCCCC(=O)O[C@H](CO)CC(C)(C)C. The van der Waals surface area contributed by atoms with E-state index in [9.17, 15) is 19.8 Å². The Kier molecular flexibility index (Phi) is 11.0. The van der Waals surface area contributed by atoms with E-state index in [1.807, 2.05) is 41.5 Å². The van der Waals surface area contributed by atoms with Gasteiger partial charge in [-0.05, 0) is 36.5 Å². The molecule has 0 spiro atoms. The molecule has 1 unspecified atom stereocenters. The predicted molar refractivity (Wildman–Crippen MR) is 101 cm³/mol. The molecule has 26 heavy (non-hydrogen) atoms. The van der Waals surface area contributed by atoms with Gasteiger partial charge in [0.05, 0.1) is 13.2 Å². The van der Waals surface area contributed by atoms with Crippen molar-refractivity contribution in [3.05, 3.63) is 0 Å². The third kappa shape index (κ3) is 14.1. The second-order valence-electron chi connectivity index (χ2n) is 9.33. The summed E-state index contributed by atoms with van der Waals surface area (Å²) >= 11 is 0. The summed E-state index contributed by atoms with van der Waals surface area (Å²) in [4.78, 5) is 23.7. The first-order valence-electron chi connectivity index (χ1n) is 9.47. The molecule has 0 amide bonds. The minimum Gasteiger partial charge on any atom is -0.460 e. The molecule has 0 radical (unpaired) electrons. The molecule has 0 aromatic rings. The van der Waals surface area contributed by atoms with Gasteiger partial charge in [-0.3, -0.25) is 9.59 Å².